The van der Waals surface area contributed by atoms with Crippen molar-refractivity contribution in [3.05, 3.63) is 110 Å². The molecule has 36 heavy (non-hydrogen) atoms. The predicted octanol–water partition coefficient (Wildman–Crippen LogP) is 8.28. The van der Waals surface area contributed by atoms with E-state index in [0.717, 1.165) is 40.5 Å². The van der Waals surface area contributed by atoms with Gasteiger partial charge in [0, 0.05) is 45.9 Å². The SMILES string of the molecule is CC(C)c1cccc2c(=O)c3ccccc3sc12.Cc1cc2sc3ccccc3c(=O)c2c(C)c1O. The van der Waals surface area contributed by atoms with Crippen LogP contribution in [0.15, 0.2) is 82.4 Å². The maximum atomic E-state index is 12.5. The van der Waals surface area contributed by atoms with Crippen molar-refractivity contribution in [3.63, 3.8) is 0 Å². The number of hydrogen-bond donors (Lipinski definition) is 1. The molecule has 0 saturated carbocycles. The summed E-state index contributed by atoms with van der Waals surface area (Å²) in [6.07, 6.45) is 0. The molecule has 0 fully saturated rings. The number of rotatable bonds is 1. The number of phenols is 1. The maximum Gasteiger partial charge on any atom is 0.196 e. The molecule has 0 aliphatic carbocycles. The second-order valence-electron chi connectivity index (χ2n) is 9.27. The van der Waals surface area contributed by atoms with E-state index in [1.54, 1.807) is 29.6 Å². The third-order valence-corrected chi connectivity index (χ3v) is 8.89. The van der Waals surface area contributed by atoms with E-state index in [2.05, 4.69) is 19.9 Å². The average molecular weight is 511 g/mol. The number of phenolic OH excluding ortho intramolecular Hbond substituents is 1. The molecule has 3 nitrogen and oxygen atoms in total. The Bertz CT molecular complexity index is 1900. The van der Waals surface area contributed by atoms with Gasteiger partial charge in [-0.05, 0) is 67.3 Å². The summed E-state index contributed by atoms with van der Waals surface area (Å²) >= 11 is 3.31. The first-order valence-corrected chi connectivity index (χ1v) is 13.5. The fourth-order valence-corrected chi connectivity index (χ4v) is 7.16. The Hall–Kier alpha value is -3.54. The minimum atomic E-state index is 0.00662. The van der Waals surface area contributed by atoms with Gasteiger partial charge in [0.05, 0.1) is 0 Å². The second-order valence-corrected chi connectivity index (χ2v) is 11.4. The van der Waals surface area contributed by atoms with Crippen LogP contribution in [0, 0.1) is 13.8 Å². The minimum Gasteiger partial charge on any atom is -0.507 e. The van der Waals surface area contributed by atoms with Crippen LogP contribution in [0.2, 0.25) is 0 Å². The molecule has 1 N–H and O–H groups in total. The van der Waals surface area contributed by atoms with Crippen LogP contribution in [0.4, 0.5) is 0 Å². The Kier molecular flexibility index (Phi) is 6.37. The molecule has 0 aliphatic heterocycles. The largest absolute Gasteiger partial charge is 0.507 e. The lowest BCUT2D eigenvalue weighted by Crippen LogP contribution is -2.03. The molecule has 0 aliphatic rings. The third-order valence-electron chi connectivity index (χ3n) is 6.53. The van der Waals surface area contributed by atoms with Crippen molar-refractivity contribution in [1.29, 1.82) is 0 Å². The summed E-state index contributed by atoms with van der Waals surface area (Å²) in [5.74, 6) is 0.660. The molecule has 6 rings (SSSR count). The van der Waals surface area contributed by atoms with Crippen LogP contribution in [0.1, 0.15) is 36.5 Å². The van der Waals surface area contributed by atoms with Crippen LogP contribution in [0.5, 0.6) is 5.75 Å². The summed E-state index contributed by atoms with van der Waals surface area (Å²) < 4.78 is 4.13. The van der Waals surface area contributed by atoms with E-state index in [9.17, 15) is 14.7 Å². The summed E-state index contributed by atoms with van der Waals surface area (Å²) in [6, 6.07) is 23.4. The van der Waals surface area contributed by atoms with Crippen molar-refractivity contribution in [2.75, 3.05) is 0 Å². The number of aryl methyl sites for hydroxylation is 2. The van der Waals surface area contributed by atoms with E-state index in [0.29, 0.717) is 16.9 Å². The average Bonchev–Trinajstić information content (AvgIpc) is 2.87. The first kappa shape index (κ1) is 24.2. The molecular weight excluding hydrogens is 484 g/mol. The number of aromatic hydroxyl groups is 1. The third kappa shape index (κ3) is 4.08. The number of fused-ring (bicyclic) bond motifs is 4. The molecule has 2 heterocycles. The quantitative estimate of drug-likeness (QED) is 0.226. The first-order chi connectivity index (χ1) is 17.3. The van der Waals surface area contributed by atoms with Crippen molar-refractivity contribution < 1.29 is 5.11 Å². The minimum absolute atomic E-state index is 0.00662. The van der Waals surface area contributed by atoms with Gasteiger partial charge in [0.15, 0.2) is 10.9 Å². The van der Waals surface area contributed by atoms with Gasteiger partial charge < -0.3 is 5.11 Å². The normalized spacial score (nSPS) is 11.4. The molecule has 0 unspecified atom stereocenters. The smallest absolute Gasteiger partial charge is 0.196 e. The zero-order valence-electron chi connectivity index (χ0n) is 20.6. The van der Waals surface area contributed by atoms with Gasteiger partial charge in [-0.2, -0.15) is 0 Å². The van der Waals surface area contributed by atoms with Crippen molar-refractivity contribution in [2.45, 2.75) is 33.6 Å². The van der Waals surface area contributed by atoms with E-state index < -0.39 is 0 Å². The Morgan fingerprint density at radius 2 is 1.28 bits per heavy atom. The summed E-state index contributed by atoms with van der Waals surface area (Å²) in [5, 5.41) is 13.0. The van der Waals surface area contributed by atoms with E-state index in [1.807, 2.05) is 73.7 Å². The van der Waals surface area contributed by atoms with Gasteiger partial charge in [-0.1, -0.05) is 50.2 Å². The zero-order valence-corrected chi connectivity index (χ0v) is 22.2. The van der Waals surface area contributed by atoms with Gasteiger partial charge in [0.25, 0.3) is 0 Å². The van der Waals surface area contributed by atoms with Crippen molar-refractivity contribution in [1.82, 2.24) is 0 Å². The molecule has 0 radical (unpaired) electrons. The van der Waals surface area contributed by atoms with Gasteiger partial charge >= 0.3 is 0 Å². The topological polar surface area (TPSA) is 54.4 Å². The van der Waals surface area contributed by atoms with Gasteiger partial charge in [-0.25, -0.2) is 0 Å². The molecule has 0 atom stereocenters. The number of hydrogen-bond acceptors (Lipinski definition) is 5. The standard InChI is InChI=1S/C16H14OS.C15H12O2S/c1-10(2)11-7-5-8-13-15(17)12-6-3-4-9-14(12)18-16(11)13;1-8-7-12-13(9(2)14(8)16)15(17)10-5-3-4-6-11(10)18-12/h3-10H,1-2H3;3-7,16H,1-2H3. The number of benzene rings is 4. The van der Waals surface area contributed by atoms with Crippen molar-refractivity contribution in [3.8, 4) is 5.75 Å². The van der Waals surface area contributed by atoms with Crippen LogP contribution in [-0.2, 0) is 0 Å². The highest BCUT2D eigenvalue weighted by atomic mass is 32.1. The molecule has 4 aromatic carbocycles. The molecule has 0 bridgehead atoms. The molecule has 0 saturated heterocycles. The predicted molar refractivity (Wildman–Crippen MR) is 156 cm³/mol. The van der Waals surface area contributed by atoms with Crippen LogP contribution < -0.4 is 10.9 Å². The zero-order chi connectivity index (χ0) is 25.6. The van der Waals surface area contributed by atoms with Crippen LogP contribution in [0.25, 0.3) is 40.3 Å². The second kappa shape index (κ2) is 9.49. The Balaban J connectivity index is 0.000000148. The molecule has 180 valence electrons. The Labute approximate surface area is 216 Å². The summed E-state index contributed by atoms with van der Waals surface area (Å²) in [6.45, 7) is 7.99. The summed E-state index contributed by atoms with van der Waals surface area (Å²) in [7, 11) is 0. The van der Waals surface area contributed by atoms with E-state index in [4.69, 9.17) is 0 Å². The highest BCUT2D eigenvalue weighted by Gasteiger charge is 2.13. The fourth-order valence-electron chi connectivity index (χ4n) is 4.60. The van der Waals surface area contributed by atoms with E-state index in [-0.39, 0.29) is 16.6 Å². The van der Waals surface area contributed by atoms with E-state index >= 15 is 0 Å². The lowest BCUT2D eigenvalue weighted by atomic mass is 10.0. The van der Waals surface area contributed by atoms with Crippen molar-refractivity contribution in [2.24, 2.45) is 0 Å². The van der Waals surface area contributed by atoms with Crippen LogP contribution in [-0.4, -0.2) is 5.11 Å². The Morgan fingerprint density at radius 3 is 1.94 bits per heavy atom. The fraction of sp³-hybridized carbons (Fsp3) is 0.161. The van der Waals surface area contributed by atoms with E-state index in [1.165, 1.54) is 5.56 Å². The van der Waals surface area contributed by atoms with Gasteiger partial charge in [0.1, 0.15) is 5.75 Å². The lowest BCUT2D eigenvalue weighted by Gasteiger charge is -2.09. The molecule has 5 heteroatoms. The molecule has 0 spiro atoms. The highest BCUT2D eigenvalue weighted by molar-refractivity contribution is 7.25. The van der Waals surface area contributed by atoms with Crippen molar-refractivity contribution >= 4 is 63.0 Å². The summed E-state index contributed by atoms with van der Waals surface area (Å²) in [5.41, 5.74) is 2.91. The van der Waals surface area contributed by atoms with Gasteiger partial charge in [-0.3, -0.25) is 9.59 Å². The first-order valence-electron chi connectivity index (χ1n) is 11.9. The Morgan fingerprint density at radius 1 is 0.694 bits per heavy atom. The van der Waals surface area contributed by atoms with Crippen LogP contribution >= 0.6 is 22.7 Å². The maximum absolute atomic E-state index is 12.5. The van der Waals surface area contributed by atoms with Gasteiger partial charge in [-0.15, -0.1) is 22.7 Å². The van der Waals surface area contributed by atoms with Crippen LogP contribution in [0.3, 0.4) is 0 Å². The molecule has 2 aromatic heterocycles. The molecule has 6 aromatic rings. The molecule has 0 amide bonds. The monoisotopic (exact) mass is 510 g/mol. The van der Waals surface area contributed by atoms with Gasteiger partial charge in [0.2, 0.25) is 0 Å². The molecular formula is C31H26O3S2. The summed E-state index contributed by atoms with van der Waals surface area (Å²) in [4.78, 5) is 24.9. The lowest BCUT2D eigenvalue weighted by molar-refractivity contribution is 0.468. The highest BCUT2D eigenvalue weighted by Crippen LogP contribution is 2.33.